The number of Topliss-reactive ketones (excluding diaryl/α,β-unsaturated/α-hetero) is 1. The summed E-state index contributed by atoms with van der Waals surface area (Å²) in [6.45, 7) is 3.59. The van der Waals surface area contributed by atoms with E-state index in [1.54, 1.807) is 29.1 Å². The number of carbonyl (C=O) groups excluding carboxylic acids is 1. The molecule has 7 nitrogen and oxygen atoms in total. The maximum Gasteiger partial charge on any atom is 0.179 e. The average molecular weight is 495 g/mol. The second kappa shape index (κ2) is 10.1. The molecule has 0 bridgehead atoms. The molecular weight excluding hydrogens is 467 g/mol. The lowest BCUT2D eigenvalue weighted by atomic mass is 10.0. The Kier molecular flexibility index (Phi) is 6.40. The predicted molar refractivity (Wildman–Crippen MR) is 141 cm³/mol. The van der Waals surface area contributed by atoms with Gasteiger partial charge in [-0.3, -0.25) is 9.78 Å². The normalized spacial score (nSPS) is 14.1. The number of fused-ring (bicyclic) bond motifs is 2. The van der Waals surface area contributed by atoms with E-state index in [0.29, 0.717) is 35.4 Å². The van der Waals surface area contributed by atoms with Crippen LogP contribution in [0.25, 0.3) is 33.3 Å². The van der Waals surface area contributed by atoms with Gasteiger partial charge in [0.25, 0.3) is 0 Å². The molecule has 4 heterocycles. The number of hydrogen-bond donors (Lipinski definition) is 0. The number of aromatic nitrogens is 5. The molecule has 1 aliphatic heterocycles. The minimum absolute atomic E-state index is 0.142. The lowest BCUT2D eigenvalue weighted by molar-refractivity contribution is 0.0972. The molecule has 0 amide bonds. The zero-order valence-corrected chi connectivity index (χ0v) is 20.5. The molecule has 0 saturated carbocycles. The third-order valence-corrected chi connectivity index (χ3v) is 7.00. The summed E-state index contributed by atoms with van der Waals surface area (Å²) >= 11 is 0. The molecule has 37 heavy (non-hydrogen) atoms. The van der Waals surface area contributed by atoms with E-state index in [4.69, 9.17) is 4.98 Å². The van der Waals surface area contributed by atoms with Gasteiger partial charge in [0.05, 0.1) is 23.3 Å². The highest BCUT2D eigenvalue weighted by atomic mass is 19.1. The minimum Gasteiger partial charge on any atom is -0.303 e. The van der Waals surface area contributed by atoms with Crippen LogP contribution in [0.15, 0.2) is 66.9 Å². The summed E-state index contributed by atoms with van der Waals surface area (Å²) in [5.74, 6) is -0.665. The lowest BCUT2D eigenvalue weighted by Gasteiger charge is -2.13. The first-order valence-electron chi connectivity index (χ1n) is 12.7. The maximum absolute atomic E-state index is 15.0. The average Bonchev–Trinajstić information content (AvgIpc) is 3.58. The van der Waals surface area contributed by atoms with Crippen LogP contribution in [0, 0.1) is 5.82 Å². The van der Waals surface area contributed by atoms with E-state index in [9.17, 15) is 9.18 Å². The SMILES string of the molecule is O=C(CCCN1CCCC1)c1ccc(-c2ccc3nnn(Cc4ccc5ncccc5c4)c3n2)cc1F. The van der Waals surface area contributed by atoms with Crippen LogP contribution in [-0.4, -0.2) is 55.3 Å². The molecule has 5 aromatic rings. The van der Waals surface area contributed by atoms with Crippen LogP contribution in [0.2, 0.25) is 0 Å². The monoisotopic (exact) mass is 494 g/mol. The van der Waals surface area contributed by atoms with Gasteiger partial charge in [0.2, 0.25) is 0 Å². The van der Waals surface area contributed by atoms with Crippen molar-refractivity contribution < 1.29 is 9.18 Å². The number of benzene rings is 2. The number of nitrogens with zero attached hydrogens (tertiary/aromatic N) is 6. The van der Waals surface area contributed by atoms with Crippen molar-refractivity contribution in [2.75, 3.05) is 19.6 Å². The van der Waals surface area contributed by atoms with Gasteiger partial charge in [-0.1, -0.05) is 23.4 Å². The Morgan fingerprint density at radius 1 is 0.973 bits per heavy atom. The number of hydrogen-bond acceptors (Lipinski definition) is 6. The van der Waals surface area contributed by atoms with Crippen LogP contribution in [0.1, 0.15) is 41.6 Å². The van der Waals surface area contributed by atoms with Crippen molar-refractivity contribution >= 4 is 27.9 Å². The van der Waals surface area contributed by atoms with Crippen molar-refractivity contribution in [1.29, 1.82) is 0 Å². The molecule has 8 heteroatoms. The number of likely N-dealkylation sites (tertiary alicyclic amines) is 1. The maximum atomic E-state index is 15.0. The van der Waals surface area contributed by atoms with Crippen molar-refractivity contribution in [3.63, 3.8) is 0 Å². The Morgan fingerprint density at radius 2 is 1.84 bits per heavy atom. The van der Waals surface area contributed by atoms with E-state index in [2.05, 4.69) is 26.3 Å². The Balaban J connectivity index is 1.20. The van der Waals surface area contributed by atoms with Gasteiger partial charge >= 0.3 is 0 Å². The molecule has 0 aliphatic carbocycles. The number of rotatable bonds is 8. The molecule has 3 aromatic heterocycles. The van der Waals surface area contributed by atoms with Crippen LogP contribution < -0.4 is 0 Å². The summed E-state index contributed by atoms with van der Waals surface area (Å²) in [4.78, 5) is 24.1. The molecule has 0 spiro atoms. The molecule has 6 rings (SSSR count). The van der Waals surface area contributed by atoms with Crippen LogP contribution in [-0.2, 0) is 6.54 Å². The van der Waals surface area contributed by atoms with E-state index < -0.39 is 5.82 Å². The summed E-state index contributed by atoms with van der Waals surface area (Å²) in [6, 6.07) is 18.4. The van der Waals surface area contributed by atoms with Crippen LogP contribution >= 0.6 is 0 Å². The quantitative estimate of drug-likeness (QED) is 0.273. The minimum atomic E-state index is -0.512. The lowest BCUT2D eigenvalue weighted by Crippen LogP contribution is -2.21. The largest absolute Gasteiger partial charge is 0.303 e. The van der Waals surface area contributed by atoms with Crippen molar-refractivity contribution in [3.8, 4) is 11.3 Å². The highest BCUT2D eigenvalue weighted by Crippen LogP contribution is 2.24. The van der Waals surface area contributed by atoms with Gasteiger partial charge < -0.3 is 4.90 Å². The molecule has 1 saturated heterocycles. The molecule has 0 N–H and O–H groups in total. The zero-order chi connectivity index (χ0) is 25.2. The first kappa shape index (κ1) is 23.4. The van der Waals surface area contributed by atoms with E-state index in [1.165, 1.54) is 18.9 Å². The third kappa shape index (κ3) is 4.97. The molecule has 0 atom stereocenters. The summed E-state index contributed by atoms with van der Waals surface area (Å²) in [5, 5.41) is 9.58. The second-order valence-corrected chi connectivity index (χ2v) is 9.59. The summed E-state index contributed by atoms with van der Waals surface area (Å²) < 4.78 is 16.7. The summed E-state index contributed by atoms with van der Waals surface area (Å²) in [6.07, 6.45) is 5.33. The number of halogens is 1. The molecule has 0 unspecified atom stereocenters. The Labute approximate surface area is 214 Å². The first-order chi connectivity index (χ1) is 18.1. The van der Waals surface area contributed by atoms with Gasteiger partial charge in [0.15, 0.2) is 11.4 Å². The number of pyridine rings is 2. The Hall–Kier alpha value is -4.04. The standard InChI is InChI=1S/C29H27FN6O/c30-24-18-22(8-9-23(24)28(37)6-4-16-35-14-1-2-15-35)26-11-12-27-29(32-26)36(34-33-27)19-20-7-10-25-21(17-20)5-3-13-31-25/h3,5,7-13,17-18H,1-2,4,6,14-16,19H2. The van der Waals surface area contributed by atoms with Gasteiger partial charge in [-0.05, 0) is 86.9 Å². The fraction of sp³-hybridized carbons (Fsp3) is 0.276. The van der Waals surface area contributed by atoms with Crippen molar-refractivity contribution in [1.82, 2.24) is 29.9 Å². The third-order valence-electron chi connectivity index (χ3n) is 7.00. The Morgan fingerprint density at radius 3 is 2.70 bits per heavy atom. The van der Waals surface area contributed by atoms with Gasteiger partial charge in [-0.15, -0.1) is 5.10 Å². The number of ketones is 1. The van der Waals surface area contributed by atoms with E-state index in [0.717, 1.165) is 42.5 Å². The molecular formula is C29H27FN6O. The van der Waals surface area contributed by atoms with Crippen molar-refractivity contribution in [2.45, 2.75) is 32.2 Å². The van der Waals surface area contributed by atoms with Gasteiger partial charge in [-0.25, -0.2) is 14.1 Å². The van der Waals surface area contributed by atoms with Gasteiger partial charge in [0, 0.05) is 23.6 Å². The van der Waals surface area contributed by atoms with Gasteiger partial charge in [0.1, 0.15) is 11.3 Å². The smallest absolute Gasteiger partial charge is 0.179 e. The Bertz CT molecular complexity index is 1590. The zero-order valence-electron chi connectivity index (χ0n) is 20.5. The van der Waals surface area contributed by atoms with Crippen LogP contribution in [0.4, 0.5) is 4.39 Å². The molecule has 186 valence electrons. The highest BCUT2D eigenvalue weighted by molar-refractivity contribution is 5.96. The van der Waals surface area contributed by atoms with Crippen molar-refractivity contribution in [3.05, 3.63) is 83.8 Å². The topological polar surface area (TPSA) is 76.8 Å². The highest BCUT2D eigenvalue weighted by Gasteiger charge is 2.16. The fourth-order valence-electron chi connectivity index (χ4n) is 5.02. The molecule has 2 aromatic carbocycles. The van der Waals surface area contributed by atoms with E-state index in [1.807, 2.05) is 30.3 Å². The molecule has 0 radical (unpaired) electrons. The first-order valence-corrected chi connectivity index (χ1v) is 12.7. The van der Waals surface area contributed by atoms with E-state index >= 15 is 0 Å². The molecule has 1 aliphatic rings. The molecule has 1 fully saturated rings. The summed E-state index contributed by atoms with van der Waals surface area (Å²) in [7, 11) is 0. The fourth-order valence-corrected chi connectivity index (χ4v) is 5.02. The van der Waals surface area contributed by atoms with Crippen LogP contribution in [0.3, 0.4) is 0 Å². The van der Waals surface area contributed by atoms with Gasteiger partial charge in [-0.2, -0.15) is 0 Å². The summed E-state index contributed by atoms with van der Waals surface area (Å²) in [5.41, 5.74) is 4.62. The van der Waals surface area contributed by atoms with Crippen molar-refractivity contribution in [2.24, 2.45) is 0 Å². The van der Waals surface area contributed by atoms with Crippen LogP contribution in [0.5, 0.6) is 0 Å². The second-order valence-electron chi connectivity index (χ2n) is 9.59. The predicted octanol–water partition coefficient (Wildman–Crippen LogP) is 5.29. The number of carbonyl (C=O) groups is 1. The van der Waals surface area contributed by atoms with E-state index in [-0.39, 0.29) is 11.3 Å².